The first kappa shape index (κ1) is 12.6. The molecule has 1 aromatic carbocycles. The van der Waals surface area contributed by atoms with Crippen molar-refractivity contribution >= 4 is 11.6 Å². The smallest absolute Gasteiger partial charge is 0.161 e. The van der Waals surface area contributed by atoms with Gasteiger partial charge in [0.15, 0.2) is 5.82 Å². The highest BCUT2D eigenvalue weighted by Crippen LogP contribution is 2.34. The van der Waals surface area contributed by atoms with Crippen LogP contribution in [0.4, 0.5) is 0 Å². The fourth-order valence-electron chi connectivity index (χ4n) is 2.78. The van der Waals surface area contributed by atoms with Crippen LogP contribution in [0.1, 0.15) is 42.9 Å². The highest BCUT2D eigenvalue weighted by atomic mass is 35.5. The van der Waals surface area contributed by atoms with Crippen LogP contribution in [-0.2, 0) is 0 Å². The molecule has 1 heterocycles. The normalized spacial score (nSPS) is 15.9. The van der Waals surface area contributed by atoms with Crippen LogP contribution in [0, 0.1) is 6.92 Å². The van der Waals surface area contributed by atoms with E-state index in [0.29, 0.717) is 11.1 Å². The zero-order valence-electron chi connectivity index (χ0n) is 11.1. The largest absolute Gasteiger partial charge is 0.233 e. The minimum Gasteiger partial charge on any atom is -0.233 e. The van der Waals surface area contributed by atoms with Gasteiger partial charge in [-0.1, -0.05) is 48.2 Å². The summed E-state index contributed by atoms with van der Waals surface area (Å²) >= 11 is 6.17. The third kappa shape index (κ3) is 2.79. The Morgan fingerprint density at radius 2 is 1.89 bits per heavy atom. The van der Waals surface area contributed by atoms with Crippen molar-refractivity contribution in [1.82, 2.24) is 9.97 Å². The number of aryl methyl sites for hydroxylation is 1. The van der Waals surface area contributed by atoms with Gasteiger partial charge in [-0.05, 0) is 31.9 Å². The van der Waals surface area contributed by atoms with Crippen LogP contribution >= 0.6 is 11.6 Å². The van der Waals surface area contributed by atoms with Crippen LogP contribution < -0.4 is 0 Å². The van der Waals surface area contributed by atoms with Crippen LogP contribution in [0.5, 0.6) is 0 Å². The highest BCUT2D eigenvalue weighted by Gasteiger charge is 2.20. The molecule has 2 aromatic rings. The Kier molecular flexibility index (Phi) is 3.52. The predicted molar refractivity (Wildman–Crippen MR) is 78.4 cm³/mol. The first-order valence-corrected chi connectivity index (χ1v) is 7.22. The molecule has 98 valence electrons. The Morgan fingerprint density at radius 3 is 2.63 bits per heavy atom. The lowest BCUT2D eigenvalue weighted by atomic mass is 10.0. The monoisotopic (exact) mass is 272 g/mol. The maximum atomic E-state index is 6.17. The summed E-state index contributed by atoms with van der Waals surface area (Å²) in [5.74, 6) is 1.31. The number of aromatic nitrogens is 2. The van der Waals surface area contributed by atoms with E-state index in [1.54, 1.807) is 0 Å². The number of nitrogens with zero attached hydrogens (tertiary/aromatic N) is 2. The van der Waals surface area contributed by atoms with E-state index in [1.807, 2.05) is 18.2 Å². The molecule has 3 rings (SSSR count). The molecule has 19 heavy (non-hydrogen) atoms. The second-order valence-electron chi connectivity index (χ2n) is 5.29. The van der Waals surface area contributed by atoms with Gasteiger partial charge in [0.05, 0.1) is 0 Å². The van der Waals surface area contributed by atoms with Gasteiger partial charge in [0.1, 0.15) is 5.15 Å². The summed E-state index contributed by atoms with van der Waals surface area (Å²) in [5, 5.41) is 0.549. The SMILES string of the molecule is Cc1cccc(-c2nc(Cl)cc(C3CCCC3)n2)c1. The number of rotatable bonds is 2. The lowest BCUT2D eigenvalue weighted by Gasteiger charge is -2.10. The van der Waals surface area contributed by atoms with Crippen molar-refractivity contribution < 1.29 is 0 Å². The third-order valence-corrected chi connectivity index (χ3v) is 3.96. The van der Waals surface area contributed by atoms with Gasteiger partial charge in [-0.3, -0.25) is 0 Å². The maximum Gasteiger partial charge on any atom is 0.161 e. The standard InChI is InChI=1S/C16H17ClN2/c1-11-5-4-8-13(9-11)16-18-14(10-15(17)19-16)12-6-2-3-7-12/h4-5,8-10,12H,2-3,6-7H2,1H3. The van der Waals surface area contributed by atoms with E-state index in [0.717, 1.165) is 17.1 Å². The maximum absolute atomic E-state index is 6.17. The fourth-order valence-corrected chi connectivity index (χ4v) is 2.97. The van der Waals surface area contributed by atoms with Crippen molar-refractivity contribution in [2.24, 2.45) is 0 Å². The molecule has 1 aliphatic carbocycles. The number of halogens is 1. The van der Waals surface area contributed by atoms with Crippen molar-refractivity contribution in [1.29, 1.82) is 0 Å². The molecule has 2 nitrogen and oxygen atoms in total. The second-order valence-corrected chi connectivity index (χ2v) is 5.68. The van der Waals surface area contributed by atoms with Crippen LogP contribution in [-0.4, -0.2) is 9.97 Å². The molecule has 0 atom stereocenters. The van der Waals surface area contributed by atoms with Crippen LogP contribution in [0.15, 0.2) is 30.3 Å². The van der Waals surface area contributed by atoms with Crippen molar-refractivity contribution in [2.45, 2.75) is 38.5 Å². The average Bonchev–Trinajstić information content (AvgIpc) is 2.92. The van der Waals surface area contributed by atoms with Crippen LogP contribution in [0.25, 0.3) is 11.4 Å². The Labute approximate surface area is 118 Å². The van der Waals surface area contributed by atoms with Gasteiger partial charge in [-0.2, -0.15) is 0 Å². The lowest BCUT2D eigenvalue weighted by molar-refractivity contribution is 0.695. The molecule has 1 aromatic heterocycles. The van der Waals surface area contributed by atoms with E-state index in [2.05, 4.69) is 24.0 Å². The molecule has 0 spiro atoms. The molecule has 0 aliphatic heterocycles. The number of hydrogen-bond acceptors (Lipinski definition) is 2. The summed E-state index contributed by atoms with van der Waals surface area (Å²) in [4.78, 5) is 9.10. The molecule has 0 saturated heterocycles. The van der Waals surface area contributed by atoms with Gasteiger partial charge in [-0.25, -0.2) is 9.97 Å². The second kappa shape index (κ2) is 5.30. The number of hydrogen-bond donors (Lipinski definition) is 0. The molecule has 1 fully saturated rings. The van der Waals surface area contributed by atoms with Crippen LogP contribution in [0.2, 0.25) is 5.15 Å². The average molecular weight is 273 g/mol. The highest BCUT2D eigenvalue weighted by molar-refractivity contribution is 6.29. The van der Waals surface area contributed by atoms with Crippen molar-refractivity contribution in [2.75, 3.05) is 0 Å². The molecular formula is C16H17ClN2. The molecule has 0 unspecified atom stereocenters. The predicted octanol–water partition coefficient (Wildman–Crippen LogP) is 4.76. The summed E-state index contributed by atoms with van der Waals surface area (Å²) in [7, 11) is 0. The summed E-state index contributed by atoms with van der Waals surface area (Å²) in [5.41, 5.74) is 3.36. The quantitative estimate of drug-likeness (QED) is 0.737. The van der Waals surface area contributed by atoms with Crippen molar-refractivity contribution in [3.63, 3.8) is 0 Å². The van der Waals surface area contributed by atoms with Crippen molar-refractivity contribution in [3.05, 3.63) is 46.7 Å². The lowest BCUT2D eigenvalue weighted by Crippen LogP contribution is -2.00. The first-order valence-electron chi connectivity index (χ1n) is 6.84. The van der Waals surface area contributed by atoms with E-state index in [9.17, 15) is 0 Å². The summed E-state index contributed by atoms with van der Waals surface area (Å²) in [6, 6.07) is 10.2. The molecule has 0 bridgehead atoms. The van der Waals surface area contributed by atoms with Gasteiger partial charge >= 0.3 is 0 Å². The molecule has 0 N–H and O–H groups in total. The van der Waals surface area contributed by atoms with E-state index in [-0.39, 0.29) is 0 Å². The topological polar surface area (TPSA) is 25.8 Å². The van der Waals surface area contributed by atoms with E-state index in [1.165, 1.54) is 31.2 Å². The summed E-state index contributed by atoms with van der Waals surface area (Å²) in [6.45, 7) is 2.08. The zero-order chi connectivity index (χ0) is 13.2. The van der Waals surface area contributed by atoms with Gasteiger partial charge < -0.3 is 0 Å². The molecule has 1 saturated carbocycles. The van der Waals surface area contributed by atoms with Gasteiger partial charge in [0.25, 0.3) is 0 Å². The fraction of sp³-hybridized carbons (Fsp3) is 0.375. The third-order valence-electron chi connectivity index (χ3n) is 3.76. The molecule has 1 aliphatic rings. The summed E-state index contributed by atoms with van der Waals surface area (Å²) < 4.78 is 0. The Bertz CT molecular complexity index is 589. The molecule has 3 heteroatoms. The molecular weight excluding hydrogens is 256 g/mol. The zero-order valence-corrected chi connectivity index (χ0v) is 11.8. The first-order chi connectivity index (χ1) is 9.22. The Hall–Kier alpha value is -1.41. The summed E-state index contributed by atoms with van der Waals surface area (Å²) in [6.07, 6.45) is 5.04. The minimum absolute atomic E-state index is 0.549. The van der Waals surface area contributed by atoms with Crippen molar-refractivity contribution in [3.8, 4) is 11.4 Å². The van der Waals surface area contributed by atoms with Gasteiger partial charge in [-0.15, -0.1) is 0 Å². The Balaban J connectivity index is 2.01. The van der Waals surface area contributed by atoms with E-state index >= 15 is 0 Å². The van der Waals surface area contributed by atoms with E-state index < -0.39 is 0 Å². The van der Waals surface area contributed by atoms with E-state index in [4.69, 9.17) is 16.6 Å². The van der Waals surface area contributed by atoms with Gasteiger partial charge in [0, 0.05) is 17.2 Å². The van der Waals surface area contributed by atoms with Crippen LogP contribution in [0.3, 0.4) is 0 Å². The minimum atomic E-state index is 0.549. The molecule has 0 radical (unpaired) electrons. The molecule has 0 amide bonds. The Morgan fingerprint density at radius 1 is 1.11 bits per heavy atom. The number of benzene rings is 1. The van der Waals surface area contributed by atoms with Gasteiger partial charge in [0.2, 0.25) is 0 Å².